The third-order valence-electron chi connectivity index (χ3n) is 5.70. The smallest absolute Gasteiger partial charge is 0.336 e. The fourth-order valence-electron chi connectivity index (χ4n) is 4.44. The minimum atomic E-state index is -0.615. The van der Waals surface area contributed by atoms with Crippen LogP contribution in [0.15, 0.2) is 34.7 Å². The number of ketones is 1. The van der Waals surface area contributed by atoms with Crippen molar-refractivity contribution in [2.75, 3.05) is 13.4 Å². The molecule has 1 N–H and O–H groups in total. The molecule has 0 fully saturated rings. The summed E-state index contributed by atoms with van der Waals surface area (Å²) in [4.78, 5) is 26.3. The lowest BCUT2D eigenvalue weighted by Crippen LogP contribution is -2.38. The number of dihydropyridines is 1. The van der Waals surface area contributed by atoms with Crippen LogP contribution in [0, 0.1) is 5.41 Å². The van der Waals surface area contributed by atoms with Crippen LogP contribution in [0.2, 0.25) is 5.02 Å². The van der Waals surface area contributed by atoms with Gasteiger partial charge in [-0.25, -0.2) is 4.79 Å². The van der Waals surface area contributed by atoms with Gasteiger partial charge < -0.3 is 19.5 Å². The van der Waals surface area contributed by atoms with Crippen molar-refractivity contribution in [1.82, 2.24) is 5.32 Å². The number of fused-ring (bicyclic) bond motifs is 1. The topological polar surface area (TPSA) is 73.9 Å². The van der Waals surface area contributed by atoms with Gasteiger partial charge in [0, 0.05) is 40.4 Å². The van der Waals surface area contributed by atoms with Crippen LogP contribution in [-0.2, 0) is 14.3 Å². The van der Waals surface area contributed by atoms with Crippen LogP contribution in [0.1, 0.15) is 58.4 Å². The lowest BCUT2D eigenvalue weighted by atomic mass is 9.68. The van der Waals surface area contributed by atoms with Crippen molar-refractivity contribution in [1.29, 1.82) is 0 Å². The summed E-state index contributed by atoms with van der Waals surface area (Å²) in [5.74, 6) is 0.0677. The Hall–Kier alpha value is -2.47. The Morgan fingerprint density at radius 2 is 1.97 bits per heavy atom. The number of Topliss-reactive ketones (excluding diaryl/α,β-unsaturated/α-hetero) is 1. The van der Waals surface area contributed by atoms with Crippen LogP contribution in [0.4, 0.5) is 0 Å². The maximum Gasteiger partial charge on any atom is 0.336 e. The lowest BCUT2D eigenvalue weighted by Gasteiger charge is -2.39. The van der Waals surface area contributed by atoms with Crippen LogP contribution in [-0.4, -0.2) is 25.2 Å². The lowest BCUT2D eigenvalue weighted by molar-refractivity contribution is -0.139. The van der Waals surface area contributed by atoms with Gasteiger partial charge in [0.15, 0.2) is 17.3 Å². The van der Waals surface area contributed by atoms with Crippen molar-refractivity contribution in [2.24, 2.45) is 5.41 Å². The average Bonchev–Trinajstić information content (AvgIpc) is 3.10. The Bertz CT molecular complexity index is 992. The van der Waals surface area contributed by atoms with E-state index in [0.717, 1.165) is 5.70 Å². The number of benzene rings is 1. The number of nitrogens with one attached hydrogen (secondary N) is 1. The number of carbonyl (C=O) groups is 2. The molecule has 0 saturated carbocycles. The summed E-state index contributed by atoms with van der Waals surface area (Å²) in [6, 6.07) is 3.46. The second-order valence-electron chi connectivity index (χ2n) is 8.79. The molecule has 2 heterocycles. The Morgan fingerprint density at radius 1 is 1.27 bits per heavy atom. The summed E-state index contributed by atoms with van der Waals surface area (Å²) in [5.41, 5.74) is 3.01. The molecular weight excluding hydrogens is 406 g/mol. The fraction of sp³-hybridized carbons (Fsp3) is 0.478. The normalized spacial score (nSPS) is 22.0. The number of esters is 1. The highest BCUT2D eigenvalue weighted by molar-refractivity contribution is 6.32. The molecule has 0 saturated heterocycles. The SMILES string of the molecule is CCCOC(=O)C1=C(C)NC2=C(C(=O)CC(C)(C)C2)[C@@H]1c1cc2c(cc1Cl)OCO2. The van der Waals surface area contributed by atoms with Crippen LogP contribution in [0.3, 0.4) is 0 Å². The van der Waals surface area contributed by atoms with E-state index in [1.165, 1.54) is 0 Å². The Morgan fingerprint density at radius 3 is 2.67 bits per heavy atom. The maximum absolute atomic E-state index is 13.3. The van der Waals surface area contributed by atoms with Crippen molar-refractivity contribution >= 4 is 23.4 Å². The predicted molar refractivity (Wildman–Crippen MR) is 112 cm³/mol. The summed E-state index contributed by atoms with van der Waals surface area (Å²) >= 11 is 6.63. The van der Waals surface area contributed by atoms with E-state index >= 15 is 0 Å². The third kappa shape index (κ3) is 3.58. The first-order valence-electron chi connectivity index (χ1n) is 10.2. The van der Waals surface area contributed by atoms with Gasteiger partial charge in [0.25, 0.3) is 0 Å². The van der Waals surface area contributed by atoms with E-state index in [9.17, 15) is 9.59 Å². The van der Waals surface area contributed by atoms with E-state index in [1.807, 2.05) is 13.8 Å². The maximum atomic E-state index is 13.3. The van der Waals surface area contributed by atoms with Gasteiger partial charge in [0.1, 0.15) is 0 Å². The molecule has 1 aromatic carbocycles. The van der Waals surface area contributed by atoms with Crippen LogP contribution in [0.25, 0.3) is 0 Å². The number of carbonyl (C=O) groups excluding carboxylic acids is 2. The van der Waals surface area contributed by atoms with E-state index in [-0.39, 0.29) is 18.0 Å². The number of hydrogen-bond donors (Lipinski definition) is 1. The van der Waals surface area contributed by atoms with Gasteiger partial charge in [-0.15, -0.1) is 0 Å². The molecule has 0 amide bonds. The molecule has 4 rings (SSSR count). The molecule has 30 heavy (non-hydrogen) atoms. The average molecular weight is 432 g/mol. The van der Waals surface area contributed by atoms with Crippen molar-refractivity contribution < 1.29 is 23.8 Å². The van der Waals surface area contributed by atoms with Gasteiger partial charge in [-0.3, -0.25) is 4.79 Å². The van der Waals surface area contributed by atoms with Crippen molar-refractivity contribution in [2.45, 2.75) is 52.9 Å². The summed E-state index contributed by atoms with van der Waals surface area (Å²) in [5, 5.41) is 3.74. The van der Waals surface area contributed by atoms with Gasteiger partial charge in [0.05, 0.1) is 12.2 Å². The molecule has 0 radical (unpaired) electrons. The number of ether oxygens (including phenoxy) is 3. The molecule has 3 aliphatic rings. The second-order valence-corrected chi connectivity index (χ2v) is 9.20. The van der Waals surface area contributed by atoms with Crippen LogP contribution < -0.4 is 14.8 Å². The molecule has 0 aromatic heterocycles. The minimum Gasteiger partial charge on any atom is -0.462 e. The molecule has 0 spiro atoms. The number of halogens is 1. The molecule has 1 atom stereocenters. The highest BCUT2D eigenvalue weighted by Crippen LogP contribution is 2.50. The molecule has 0 bridgehead atoms. The first-order chi connectivity index (χ1) is 14.2. The molecule has 0 unspecified atom stereocenters. The number of rotatable bonds is 4. The van der Waals surface area contributed by atoms with Gasteiger partial charge in [-0.05, 0) is 36.8 Å². The zero-order chi connectivity index (χ0) is 21.6. The van der Waals surface area contributed by atoms with E-state index in [1.54, 1.807) is 12.1 Å². The first-order valence-corrected chi connectivity index (χ1v) is 10.6. The molecule has 160 valence electrons. The minimum absolute atomic E-state index is 0.0146. The first kappa shape index (κ1) is 20.8. The number of allylic oxidation sites excluding steroid dienone is 3. The standard InChI is InChI=1S/C23H26ClNO5/c1-5-6-28-22(27)19-12(2)25-15-9-23(3,4)10-16(26)21(15)20(19)13-7-17-18(8-14(13)24)30-11-29-17/h7-8,20,25H,5-6,9-11H2,1-4H3/t20-/m1/s1. The van der Waals surface area contributed by atoms with Crippen LogP contribution in [0.5, 0.6) is 11.5 Å². The van der Waals surface area contributed by atoms with E-state index in [2.05, 4.69) is 19.2 Å². The molecule has 6 nitrogen and oxygen atoms in total. The van der Waals surface area contributed by atoms with Gasteiger partial charge >= 0.3 is 5.97 Å². The Kier molecular flexibility index (Phi) is 5.30. The zero-order valence-electron chi connectivity index (χ0n) is 17.7. The van der Waals surface area contributed by atoms with Crippen LogP contribution >= 0.6 is 11.6 Å². The highest BCUT2D eigenvalue weighted by atomic mass is 35.5. The Balaban J connectivity index is 1.88. The highest BCUT2D eigenvalue weighted by Gasteiger charge is 2.44. The largest absolute Gasteiger partial charge is 0.462 e. The van der Waals surface area contributed by atoms with Gasteiger partial charge in [-0.1, -0.05) is 32.4 Å². The van der Waals surface area contributed by atoms with Crippen molar-refractivity contribution in [3.05, 3.63) is 45.3 Å². The second kappa shape index (κ2) is 7.65. The van der Waals surface area contributed by atoms with E-state index < -0.39 is 11.9 Å². The summed E-state index contributed by atoms with van der Waals surface area (Å²) in [6.07, 6.45) is 1.83. The van der Waals surface area contributed by atoms with Gasteiger partial charge in [0.2, 0.25) is 6.79 Å². The molecule has 2 aliphatic heterocycles. The number of hydrogen-bond acceptors (Lipinski definition) is 6. The fourth-order valence-corrected chi connectivity index (χ4v) is 4.71. The van der Waals surface area contributed by atoms with E-state index in [4.69, 9.17) is 25.8 Å². The van der Waals surface area contributed by atoms with Crippen molar-refractivity contribution in [3.63, 3.8) is 0 Å². The quantitative estimate of drug-likeness (QED) is 0.701. The van der Waals surface area contributed by atoms with Crippen molar-refractivity contribution in [3.8, 4) is 11.5 Å². The Labute approximate surface area is 181 Å². The summed E-state index contributed by atoms with van der Waals surface area (Å²) < 4.78 is 16.4. The molecule has 1 aromatic rings. The van der Waals surface area contributed by atoms with E-state index in [0.29, 0.717) is 64.8 Å². The predicted octanol–water partition coefficient (Wildman–Crippen LogP) is 4.63. The monoisotopic (exact) mass is 431 g/mol. The summed E-state index contributed by atoms with van der Waals surface area (Å²) in [7, 11) is 0. The van der Waals surface area contributed by atoms with Gasteiger partial charge in [-0.2, -0.15) is 0 Å². The molecule has 7 heteroatoms. The molecule has 1 aliphatic carbocycles. The zero-order valence-corrected chi connectivity index (χ0v) is 18.4. The third-order valence-corrected chi connectivity index (χ3v) is 6.03. The summed E-state index contributed by atoms with van der Waals surface area (Å²) in [6.45, 7) is 8.35. The molecular formula is C23H26ClNO5.